The number of anilines is 2. The van der Waals surface area contributed by atoms with Gasteiger partial charge in [0.15, 0.2) is 0 Å². The van der Waals surface area contributed by atoms with E-state index in [4.69, 9.17) is 4.74 Å². The normalized spacial score (nSPS) is 12.8. The van der Waals surface area contributed by atoms with Gasteiger partial charge < -0.3 is 25.6 Å². The summed E-state index contributed by atoms with van der Waals surface area (Å²) in [5.41, 5.74) is 0.364. The maximum Gasteiger partial charge on any atom is 0.338 e. The lowest BCUT2D eigenvalue weighted by Gasteiger charge is -2.15. The summed E-state index contributed by atoms with van der Waals surface area (Å²) in [5.74, 6) is -1.45. The third-order valence-corrected chi connectivity index (χ3v) is 5.63. The number of carbonyl (C=O) groups excluding carboxylic acids is 4. The number of amides is 3. The molecule has 0 atom stereocenters. The van der Waals surface area contributed by atoms with Crippen LogP contribution in [0.5, 0.6) is 0 Å². The molecule has 1 fully saturated rings. The molecule has 1 saturated heterocycles. The molecule has 3 rings (SSSR count). The van der Waals surface area contributed by atoms with E-state index in [0.29, 0.717) is 37.2 Å². The molecule has 2 aromatic carbocycles. The highest BCUT2D eigenvalue weighted by atomic mass is 16.6. The molecule has 0 spiro atoms. The first kappa shape index (κ1) is 27.3. The quantitative estimate of drug-likeness (QED) is 0.170. The molecule has 1 aliphatic rings. The van der Waals surface area contributed by atoms with Crippen LogP contribution >= 0.6 is 0 Å². The van der Waals surface area contributed by atoms with E-state index in [0.717, 1.165) is 19.0 Å². The predicted octanol–water partition coefficient (Wildman–Crippen LogP) is 2.56. The number of nitro benzene ring substituents is 1. The standard InChI is InChI=1S/C25H29N5O7/c1-2-37-25(34)17-6-8-18(9-7-17)27-24(33)20-15-19(30(35)36)10-11-21(20)28-22(31)16-26-12-4-14-29-13-3-5-23(29)32/h6-11,15,26H,2-5,12-14,16H2,1H3,(H,27,33)(H,28,31). The molecule has 3 amide bonds. The first-order valence-electron chi connectivity index (χ1n) is 11.9. The average Bonchev–Trinajstić information content (AvgIpc) is 3.28. The summed E-state index contributed by atoms with van der Waals surface area (Å²) < 4.78 is 4.92. The number of benzene rings is 2. The number of nitrogens with zero attached hydrogens (tertiary/aromatic N) is 2. The summed E-state index contributed by atoms with van der Waals surface area (Å²) in [6.45, 7) is 3.79. The van der Waals surface area contributed by atoms with E-state index in [9.17, 15) is 29.3 Å². The van der Waals surface area contributed by atoms with Gasteiger partial charge in [0.2, 0.25) is 11.8 Å². The lowest BCUT2D eigenvalue weighted by atomic mass is 10.1. The van der Waals surface area contributed by atoms with E-state index in [2.05, 4.69) is 16.0 Å². The zero-order valence-corrected chi connectivity index (χ0v) is 20.5. The highest BCUT2D eigenvalue weighted by molar-refractivity contribution is 6.10. The van der Waals surface area contributed by atoms with Crippen molar-refractivity contribution in [2.45, 2.75) is 26.2 Å². The molecule has 2 aromatic rings. The Bertz CT molecular complexity index is 1170. The zero-order chi connectivity index (χ0) is 26.8. The van der Waals surface area contributed by atoms with Gasteiger partial charge in [0.05, 0.1) is 34.9 Å². The fourth-order valence-electron chi connectivity index (χ4n) is 3.78. The van der Waals surface area contributed by atoms with Gasteiger partial charge in [-0.2, -0.15) is 0 Å². The summed E-state index contributed by atoms with van der Waals surface area (Å²) in [6.07, 6.45) is 2.15. The predicted molar refractivity (Wildman–Crippen MR) is 135 cm³/mol. The topological polar surface area (TPSA) is 160 Å². The van der Waals surface area contributed by atoms with Crippen molar-refractivity contribution in [1.29, 1.82) is 0 Å². The fourth-order valence-corrected chi connectivity index (χ4v) is 3.78. The van der Waals surface area contributed by atoms with Gasteiger partial charge in [-0.1, -0.05) is 0 Å². The van der Waals surface area contributed by atoms with E-state index in [1.807, 2.05) is 0 Å². The van der Waals surface area contributed by atoms with Crippen LogP contribution in [0, 0.1) is 10.1 Å². The Morgan fingerprint density at radius 2 is 1.86 bits per heavy atom. The second-order valence-electron chi connectivity index (χ2n) is 8.30. The molecule has 12 nitrogen and oxygen atoms in total. The minimum Gasteiger partial charge on any atom is -0.462 e. The van der Waals surface area contributed by atoms with E-state index >= 15 is 0 Å². The first-order valence-corrected chi connectivity index (χ1v) is 11.9. The third-order valence-electron chi connectivity index (χ3n) is 5.63. The number of hydrogen-bond acceptors (Lipinski definition) is 8. The zero-order valence-electron chi connectivity index (χ0n) is 20.5. The molecular formula is C25H29N5O7. The van der Waals surface area contributed by atoms with E-state index in [1.54, 1.807) is 11.8 Å². The van der Waals surface area contributed by atoms with Crippen LogP contribution in [0.3, 0.4) is 0 Å². The monoisotopic (exact) mass is 511 g/mol. The van der Waals surface area contributed by atoms with Gasteiger partial charge in [-0.25, -0.2) is 4.79 Å². The number of nitro groups is 1. The number of hydrogen-bond donors (Lipinski definition) is 3. The van der Waals surface area contributed by atoms with Crippen molar-refractivity contribution in [3.63, 3.8) is 0 Å². The number of carbonyl (C=O) groups is 4. The number of nitrogens with one attached hydrogen (secondary N) is 3. The molecule has 0 unspecified atom stereocenters. The Morgan fingerprint density at radius 3 is 2.51 bits per heavy atom. The van der Waals surface area contributed by atoms with E-state index < -0.39 is 22.7 Å². The Morgan fingerprint density at radius 1 is 1.11 bits per heavy atom. The molecule has 12 heteroatoms. The number of rotatable bonds is 12. The molecule has 1 aliphatic heterocycles. The first-order chi connectivity index (χ1) is 17.8. The van der Waals surface area contributed by atoms with Crippen molar-refractivity contribution in [3.05, 3.63) is 63.7 Å². The van der Waals surface area contributed by atoms with Crippen molar-refractivity contribution >= 4 is 40.8 Å². The number of esters is 1. The molecule has 0 aromatic heterocycles. The molecule has 3 N–H and O–H groups in total. The number of non-ortho nitro benzene ring substituents is 1. The van der Waals surface area contributed by atoms with E-state index in [1.165, 1.54) is 36.4 Å². The number of ether oxygens (including phenoxy) is 1. The lowest BCUT2D eigenvalue weighted by molar-refractivity contribution is -0.384. The number of likely N-dealkylation sites (tertiary alicyclic amines) is 1. The second-order valence-corrected chi connectivity index (χ2v) is 8.30. The minimum atomic E-state index is -0.675. The highest BCUT2D eigenvalue weighted by Gasteiger charge is 2.20. The summed E-state index contributed by atoms with van der Waals surface area (Å²) in [6, 6.07) is 9.54. The van der Waals surface area contributed by atoms with Gasteiger partial charge in [0.25, 0.3) is 11.6 Å². The summed E-state index contributed by atoms with van der Waals surface area (Å²) in [5, 5.41) is 19.5. The molecule has 1 heterocycles. The maximum absolute atomic E-state index is 12.9. The Kier molecular flexibility index (Phi) is 9.67. The van der Waals surface area contributed by atoms with Crippen LogP contribution in [0.2, 0.25) is 0 Å². The fraction of sp³-hybridized carbons (Fsp3) is 0.360. The molecule has 0 radical (unpaired) electrons. The van der Waals surface area contributed by atoms with Crippen LogP contribution in [0.15, 0.2) is 42.5 Å². The van der Waals surface area contributed by atoms with Crippen molar-refractivity contribution in [3.8, 4) is 0 Å². The average molecular weight is 512 g/mol. The van der Waals surface area contributed by atoms with Crippen LogP contribution in [-0.4, -0.2) is 66.3 Å². The van der Waals surface area contributed by atoms with Gasteiger partial charge in [-0.05, 0) is 56.6 Å². The molecular weight excluding hydrogens is 482 g/mol. The van der Waals surface area contributed by atoms with Gasteiger partial charge >= 0.3 is 5.97 Å². The van der Waals surface area contributed by atoms with Crippen LogP contribution in [0.4, 0.5) is 17.1 Å². The van der Waals surface area contributed by atoms with Crippen LogP contribution in [0.1, 0.15) is 46.9 Å². The van der Waals surface area contributed by atoms with Gasteiger partial charge in [0, 0.05) is 37.3 Å². The third kappa shape index (κ3) is 7.84. The lowest BCUT2D eigenvalue weighted by Crippen LogP contribution is -2.32. The highest BCUT2D eigenvalue weighted by Crippen LogP contribution is 2.24. The summed E-state index contributed by atoms with van der Waals surface area (Å²) in [4.78, 5) is 61.2. The minimum absolute atomic E-state index is 0.0404. The molecule has 37 heavy (non-hydrogen) atoms. The van der Waals surface area contributed by atoms with Crippen LogP contribution < -0.4 is 16.0 Å². The van der Waals surface area contributed by atoms with Gasteiger partial charge in [0.1, 0.15) is 0 Å². The SMILES string of the molecule is CCOC(=O)c1ccc(NC(=O)c2cc([N+](=O)[O-])ccc2NC(=O)CNCCCN2CCCC2=O)cc1. The van der Waals surface area contributed by atoms with E-state index in [-0.39, 0.29) is 36.0 Å². The smallest absolute Gasteiger partial charge is 0.338 e. The maximum atomic E-state index is 12.9. The Balaban J connectivity index is 1.60. The molecule has 196 valence electrons. The van der Waals surface area contributed by atoms with Crippen LogP contribution in [0.25, 0.3) is 0 Å². The molecule has 0 aliphatic carbocycles. The van der Waals surface area contributed by atoms with Crippen molar-refractivity contribution < 1.29 is 28.8 Å². The Labute approximate surface area is 213 Å². The second kappa shape index (κ2) is 13.1. The van der Waals surface area contributed by atoms with Crippen LogP contribution in [-0.2, 0) is 14.3 Å². The van der Waals surface area contributed by atoms with Gasteiger partial charge in [-0.15, -0.1) is 0 Å². The van der Waals surface area contributed by atoms with Crippen molar-refractivity contribution in [2.75, 3.05) is 43.4 Å². The summed E-state index contributed by atoms with van der Waals surface area (Å²) >= 11 is 0. The largest absolute Gasteiger partial charge is 0.462 e. The molecule has 0 bridgehead atoms. The van der Waals surface area contributed by atoms with Crippen molar-refractivity contribution in [2.24, 2.45) is 0 Å². The van der Waals surface area contributed by atoms with Gasteiger partial charge in [-0.3, -0.25) is 24.5 Å². The van der Waals surface area contributed by atoms with Crippen molar-refractivity contribution in [1.82, 2.24) is 10.2 Å². The summed E-state index contributed by atoms with van der Waals surface area (Å²) in [7, 11) is 0. The Hall–Kier alpha value is -4.32. The molecule has 0 saturated carbocycles.